The van der Waals surface area contributed by atoms with Crippen LogP contribution in [0.15, 0.2) is 6.20 Å². The Morgan fingerprint density at radius 1 is 1.20 bits per heavy atom. The van der Waals surface area contributed by atoms with Crippen LogP contribution in [0.1, 0.15) is 66.5 Å². The number of anilines is 1. The molecular formula is C28H43ClN5O11P. The van der Waals surface area contributed by atoms with Gasteiger partial charge < -0.3 is 42.9 Å². The number of aromatic nitrogens is 4. The fourth-order valence-corrected chi connectivity index (χ4v) is 8.21. The van der Waals surface area contributed by atoms with Gasteiger partial charge in [0.25, 0.3) is 0 Å². The van der Waals surface area contributed by atoms with Crippen LogP contribution in [0.5, 0.6) is 0 Å². The van der Waals surface area contributed by atoms with Crippen molar-refractivity contribution in [3.8, 4) is 0 Å². The maximum Gasteiger partial charge on any atom is 0.413 e. The lowest BCUT2D eigenvalue weighted by atomic mass is 10.1. The van der Waals surface area contributed by atoms with Crippen LogP contribution in [-0.2, 0) is 37.3 Å². The monoisotopic (exact) mass is 691 g/mol. The molecule has 3 fully saturated rings. The zero-order valence-corrected chi connectivity index (χ0v) is 28.3. The Bertz CT molecular complexity index is 1420. The van der Waals surface area contributed by atoms with Gasteiger partial charge in [0.2, 0.25) is 5.28 Å². The van der Waals surface area contributed by atoms with Gasteiger partial charge in [-0.2, -0.15) is 15.1 Å². The molecule has 1 unspecified atom stereocenters. The molecule has 0 aromatic carbocycles. The first-order chi connectivity index (χ1) is 21.9. The number of halogens is 1. The highest BCUT2D eigenvalue weighted by atomic mass is 35.5. The maximum atomic E-state index is 13.9. The van der Waals surface area contributed by atoms with E-state index in [9.17, 15) is 19.6 Å². The largest absolute Gasteiger partial charge is 0.465 e. The lowest BCUT2D eigenvalue weighted by molar-refractivity contribution is -0.207. The van der Waals surface area contributed by atoms with Crippen molar-refractivity contribution in [2.45, 2.75) is 102 Å². The molecule has 2 aromatic heterocycles. The number of hydrogen-bond acceptors (Lipinski definition) is 13. The molecule has 16 nitrogen and oxygen atoms in total. The molecule has 2 aliphatic heterocycles. The molecule has 2 aromatic rings. The zero-order chi connectivity index (χ0) is 33.3. The molecule has 258 valence electrons. The van der Waals surface area contributed by atoms with Crippen LogP contribution >= 0.6 is 19.2 Å². The van der Waals surface area contributed by atoms with Crippen molar-refractivity contribution in [3.63, 3.8) is 0 Å². The molecular weight excluding hydrogens is 649 g/mol. The number of rotatable bonds is 15. The van der Waals surface area contributed by atoms with E-state index in [0.717, 1.165) is 12.8 Å². The molecule has 5 rings (SSSR count). The summed E-state index contributed by atoms with van der Waals surface area (Å²) in [5, 5.41) is 22.6. The van der Waals surface area contributed by atoms with Crippen LogP contribution in [0.25, 0.3) is 11.0 Å². The minimum Gasteiger partial charge on any atom is -0.465 e. The predicted octanol–water partition coefficient (Wildman–Crippen LogP) is 4.33. The van der Waals surface area contributed by atoms with Gasteiger partial charge in [0.15, 0.2) is 28.8 Å². The zero-order valence-electron chi connectivity index (χ0n) is 26.7. The molecule has 2 N–H and O–H groups in total. The standard InChI is InChI=1S/C28H43ClN5O11P/c1-6-41-46(38,42-7-2)28(5,16-39-13-12-35)40-15-19-20-21(45-27(3,4)44-20)24(43-19)34-23-18(14-30-34)22(31-25(29)32-23)33(26(36)37)17-10-8-9-11-17/h14,17,19-21,24,35H,6-13,15-16H2,1-5H3,(H,36,37)/t19-,20-,21-,24-,28?/m1/s1. The first-order valence-corrected chi connectivity index (χ1v) is 17.4. The number of hydrogen-bond donors (Lipinski definition) is 2. The van der Waals surface area contributed by atoms with Crippen molar-refractivity contribution < 1.29 is 52.3 Å². The molecule has 0 bridgehead atoms. The minimum absolute atomic E-state index is 0.00608. The van der Waals surface area contributed by atoms with E-state index in [1.807, 2.05) is 0 Å². The van der Waals surface area contributed by atoms with E-state index in [4.69, 9.17) is 44.3 Å². The topological polar surface area (TPSA) is 186 Å². The predicted molar refractivity (Wildman–Crippen MR) is 164 cm³/mol. The van der Waals surface area contributed by atoms with E-state index < -0.39 is 49.4 Å². The second-order valence-corrected chi connectivity index (χ2v) is 14.8. The number of aliphatic hydroxyl groups excluding tert-OH is 1. The van der Waals surface area contributed by atoms with Gasteiger partial charge in [-0.1, -0.05) is 12.8 Å². The van der Waals surface area contributed by atoms with E-state index in [-0.39, 0.29) is 62.4 Å². The summed E-state index contributed by atoms with van der Waals surface area (Å²) in [4.78, 5) is 22.4. The van der Waals surface area contributed by atoms with Crippen LogP contribution in [0.2, 0.25) is 5.28 Å². The van der Waals surface area contributed by atoms with Crippen LogP contribution in [-0.4, -0.2) is 111 Å². The molecule has 3 aliphatic rings. The molecule has 4 heterocycles. The summed E-state index contributed by atoms with van der Waals surface area (Å²) in [5.74, 6) is -0.835. The second-order valence-electron chi connectivity index (χ2n) is 12.0. The van der Waals surface area contributed by atoms with E-state index in [0.29, 0.717) is 18.2 Å². The summed E-state index contributed by atoms with van der Waals surface area (Å²) in [6.07, 6.45) is 0.648. The van der Waals surface area contributed by atoms with Gasteiger partial charge in [0, 0.05) is 6.04 Å². The number of fused-ring (bicyclic) bond motifs is 2. The van der Waals surface area contributed by atoms with Gasteiger partial charge in [-0.05, 0) is 59.1 Å². The van der Waals surface area contributed by atoms with E-state index in [1.54, 1.807) is 34.6 Å². The summed E-state index contributed by atoms with van der Waals surface area (Å²) >= 11 is 6.37. The molecule has 1 aliphatic carbocycles. The Morgan fingerprint density at radius 2 is 1.87 bits per heavy atom. The fourth-order valence-electron chi connectivity index (χ4n) is 6.26. The number of amides is 1. The molecule has 18 heteroatoms. The van der Waals surface area contributed by atoms with Gasteiger partial charge in [0.1, 0.15) is 18.3 Å². The second kappa shape index (κ2) is 14.2. The van der Waals surface area contributed by atoms with Gasteiger partial charge in [-0.15, -0.1) is 0 Å². The van der Waals surface area contributed by atoms with Gasteiger partial charge in [0.05, 0.1) is 51.2 Å². The number of carbonyl (C=O) groups is 1. The van der Waals surface area contributed by atoms with Crippen molar-refractivity contribution in [1.82, 2.24) is 19.7 Å². The van der Waals surface area contributed by atoms with Gasteiger partial charge in [-0.25, -0.2) is 9.48 Å². The number of carboxylic acid groups (broad SMARTS) is 1. The van der Waals surface area contributed by atoms with Crippen molar-refractivity contribution in [1.29, 1.82) is 0 Å². The molecule has 0 radical (unpaired) electrons. The van der Waals surface area contributed by atoms with E-state index >= 15 is 0 Å². The Kier molecular flexibility index (Phi) is 10.9. The van der Waals surface area contributed by atoms with E-state index in [2.05, 4.69) is 15.1 Å². The van der Waals surface area contributed by atoms with Crippen LogP contribution < -0.4 is 4.90 Å². The summed E-state index contributed by atoms with van der Waals surface area (Å²) in [5.41, 5.74) is 0.261. The Labute approximate surface area is 272 Å². The molecule has 1 saturated carbocycles. The summed E-state index contributed by atoms with van der Waals surface area (Å²) in [7, 11) is -3.88. The third-order valence-electron chi connectivity index (χ3n) is 8.24. The highest BCUT2D eigenvalue weighted by Crippen LogP contribution is 2.61. The average Bonchev–Trinajstić information content (AvgIpc) is 3.77. The van der Waals surface area contributed by atoms with Crippen LogP contribution in [0, 0.1) is 0 Å². The van der Waals surface area contributed by atoms with Crippen LogP contribution in [0.3, 0.4) is 0 Å². The first-order valence-electron chi connectivity index (χ1n) is 15.5. The van der Waals surface area contributed by atoms with Gasteiger partial charge >= 0.3 is 13.7 Å². The quantitative estimate of drug-likeness (QED) is 0.153. The number of aliphatic hydroxyl groups is 1. The number of ether oxygens (including phenoxy) is 5. The average molecular weight is 692 g/mol. The Morgan fingerprint density at radius 3 is 2.50 bits per heavy atom. The third kappa shape index (κ3) is 6.93. The highest BCUT2D eigenvalue weighted by molar-refractivity contribution is 7.55. The molecule has 46 heavy (non-hydrogen) atoms. The highest BCUT2D eigenvalue weighted by Gasteiger charge is 2.58. The fraction of sp³-hybridized carbons (Fsp3) is 0.786. The smallest absolute Gasteiger partial charge is 0.413 e. The number of nitrogens with zero attached hydrogens (tertiary/aromatic N) is 5. The van der Waals surface area contributed by atoms with E-state index in [1.165, 1.54) is 15.8 Å². The summed E-state index contributed by atoms with van der Waals surface area (Å²) in [6.45, 7) is 8.15. The normalized spacial score (nSPS) is 26.1. The van der Waals surface area contributed by atoms with Crippen molar-refractivity contribution in [3.05, 3.63) is 11.5 Å². The lowest BCUT2D eigenvalue weighted by Gasteiger charge is -2.36. The van der Waals surface area contributed by atoms with Gasteiger partial charge in [-0.3, -0.25) is 9.46 Å². The Balaban J connectivity index is 1.46. The lowest BCUT2D eigenvalue weighted by Crippen LogP contribution is -2.41. The van der Waals surface area contributed by atoms with Crippen molar-refractivity contribution in [2.75, 3.05) is 44.5 Å². The van der Waals surface area contributed by atoms with Crippen molar-refractivity contribution in [2.24, 2.45) is 0 Å². The summed E-state index contributed by atoms with van der Waals surface area (Å²) in [6, 6.07) is -0.240. The third-order valence-corrected chi connectivity index (χ3v) is 11.0. The minimum atomic E-state index is -3.88. The molecule has 1 amide bonds. The van der Waals surface area contributed by atoms with Crippen LogP contribution in [0.4, 0.5) is 10.6 Å². The maximum absolute atomic E-state index is 13.9. The summed E-state index contributed by atoms with van der Waals surface area (Å²) < 4.78 is 57.4. The molecule has 0 spiro atoms. The Hall–Kier alpha value is -1.98. The first kappa shape index (κ1) is 35.3. The molecule has 5 atom stereocenters. The van der Waals surface area contributed by atoms with Crippen molar-refractivity contribution >= 4 is 42.1 Å². The SMILES string of the molecule is CCOP(=O)(OCC)C(C)(COCCO)OC[C@H]1O[C@@H](n2ncc3c(N(C(=O)O)C4CCCC4)nc(Cl)nc32)[C@@H]2OC(C)(C)O[C@@H]21. The molecule has 2 saturated heterocycles.